The Hall–Kier alpha value is -2.36. The first-order chi connectivity index (χ1) is 10.3. The molecule has 0 amide bonds. The largest absolute Gasteiger partial charge is 0.462 e. The first-order valence-electron chi connectivity index (χ1n) is 6.27. The predicted molar refractivity (Wildman–Crippen MR) is 76.9 cm³/mol. The molecule has 2 atom stereocenters. The van der Waals surface area contributed by atoms with Crippen LogP contribution in [-0.4, -0.2) is 31.9 Å². The lowest BCUT2D eigenvalue weighted by Gasteiger charge is -2.10. The highest BCUT2D eigenvalue weighted by molar-refractivity contribution is 7.85. The van der Waals surface area contributed by atoms with Crippen molar-refractivity contribution in [2.24, 2.45) is 0 Å². The summed E-state index contributed by atoms with van der Waals surface area (Å²) < 4.78 is 17.0. The smallest absolute Gasteiger partial charge is 0.319 e. The lowest BCUT2D eigenvalue weighted by atomic mass is 10.3. The summed E-state index contributed by atoms with van der Waals surface area (Å²) in [5.41, 5.74) is -1.15. The van der Waals surface area contributed by atoms with Crippen LogP contribution >= 0.6 is 0 Å². The Labute approximate surface area is 128 Å². The molecule has 0 fully saturated rings. The second kappa shape index (κ2) is 7.59. The standard InChI is InChI=1S/C12H14N2O7S/c1-3-8(2)21-12(15)7-22(20)11-5-4-9(13(16)17)6-10(11)14(18)19/h4-6,8H,3,7H2,1-2H3/t8-,22-/m1/s1. The molecule has 120 valence electrons. The molecule has 0 N–H and O–H groups in total. The fourth-order valence-electron chi connectivity index (χ4n) is 1.48. The van der Waals surface area contributed by atoms with E-state index >= 15 is 0 Å². The van der Waals surface area contributed by atoms with Crippen molar-refractivity contribution in [2.45, 2.75) is 31.3 Å². The summed E-state index contributed by atoms with van der Waals surface area (Å²) in [5, 5.41) is 21.6. The molecule has 0 saturated carbocycles. The maximum absolute atomic E-state index is 12.1. The molecule has 0 aliphatic heterocycles. The molecule has 10 heteroatoms. The summed E-state index contributed by atoms with van der Waals surface area (Å²) in [7, 11) is -2.02. The number of carbonyl (C=O) groups is 1. The highest BCUT2D eigenvalue weighted by Gasteiger charge is 2.25. The average Bonchev–Trinajstić information content (AvgIpc) is 2.45. The second-order valence-corrected chi connectivity index (χ2v) is 5.78. The first kappa shape index (κ1) is 17.7. The summed E-state index contributed by atoms with van der Waals surface area (Å²) in [6.45, 7) is 3.46. The molecule has 9 nitrogen and oxygen atoms in total. The third-order valence-electron chi connectivity index (χ3n) is 2.75. The Morgan fingerprint density at radius 2 is 1.95 bits per heavy atom. The summed E-state index contributed by atoms with van der Waals surface area (Å²) >= 11 is 0. The number of hydrogen-bond acceptors (Lipinski definition) is 7. The van der Waals surface area contributed by atoms with Gasteiger partial charge in [0.25, 0.3) is 11.4 Å². The highest BCUT2D eigenvalue weighted by Crippen LogP contribution is 2.27. The minimum atomic E-state index is -2.02. The van der Waals surface area contributed by atoms with Gasteiger partial charge in [-0.25, -0.2) is 0 Å². The fraction of sp³-hybridized carbons (Fsp3) is 0.417. The molecule has 1 aromatic rings. The lowest BCUT2D eigenvalue weighted by Crippen LogP contribution is -2.20. The van der Waals surface area contributed by atoms with E-state index in [4.69, 9.17) is 4.74 Å². The van der Waals surface area contributed by atoms with Crippen molar-refractivity contribution in [2.75, 3.05) is 5.75 Å². The molecule has 1 rings (SSSR count). The molecule has 0 aliphatic rings. The second-order valence-electron chi connectivity index (χ2n) is 4.36. The number of esters is 1. The third kappa shape index (κ3) is 4.58. The van der Waals surface area contributed by atoms with Crippen molar-refractivity contribution < 1.29 is 23.6 Å². The summed E-state index contributed by atoms with van der Waals surface area (Å²) in [5.74, 6) is -1.30. The van der Waals surface area contributed by atoms with Gasteiger partial charge in [0.05, 0.1) is 32.8 Å². The molecule has 0 unspecified atom stereocenters. The molecular weight excluding hydrogens is 316 g/mol. The van der Waals surface area contributed by atoms with Gasteiger partial charge in [0.1, 0.15) is 10.6 Å². The van der Waals surface area contributed by atoms with E-state index < -0.39 is 43.7 Å². The van der Waals surface area contributed by atoms with Gasteiger partial charge >= 0.3 is 5.97 Å². The molecule has 0 heterocycles. The number of benzene rings is 1. The number of nitrogens with zero attached hydrogens (tertiary/aromatic N) is 2. The molecule has 0 aromatic heterocycles. The van der Waals surface area contributed by atoms with Gasteiger partial charge in [-0.15, -0.1) is 0 Å². The maximum atomic E-state index is 12.1. The van der Waals surface area contributed by atoms with Crippen LogP contribution in [0.15, 0.2) is 23.1 Å². The van der Waals surface area contributed by atoms with E-state index in [1.54, 1.807) is 13.8 Å². The van der Waals surface area contributed by atoms with Crippen LogP contribution in [0.3, 0.4) is 0 Å². The van der Waals surface area contributed by atoms with Gasteiger partial charge in [0, 0.05) is 6.07 Å². The predicted octanol–water partition coefficient (Wildman–Crippen LogP) is 1.95. The Morgan fingerprint density at radius 3 is 2.45 bits per heavy atom. The minimum Gasteiger partial charge on any atom is -0.462 e. The van der Waals surface area contributed by atoms with Crippen molar-refractivity contribution in [1.29, 1.82) is 0 Å². The number of nitro benzene ring substituents is 2. The maximum Gasteiger partial charge on any atom is 0.319 e. The lowest BCUT2D eigenvalue weighted by molar-refractivity contribution is -0.396. The SMILES string of the molecule is CC[C@@H](C)OC(=O)C[S@@](=O)c1ccc([N+](=O)[O-])cc1[N+](=O)[O-]. The van der Waals surface area contributed by atoms with E-state index in [0.717, 1.165) is 12.1 Å². The van der Waals surface area contributed by atoms with Crippen LogP contribution in [0.25, 0.3) is 0 Å². The molecule has 0 spiro atoms. The van der Waals surface area contributed by atoms with E-state index in [9.17, 15) is 29.2 Å². The zero-order valence-electron chi connectivity index (χ0n) is 11.9. The van der Waals surface area contributed by atoms with Gasteiger partial charge in [-0.1, -0.05) is 6.92 Å². The van der Waals surface area contributed by atoms with Crippen LogP contribution in [0, 0.1) is 20.2 Å². The number of hydrogen-bond donors (Lipinski definition) is 0. The molecule has 22 heavy (non-hydrogen) atoms. The normalized spacial score (nSPS) is 13.2. The van der Waals surface area contributed by atoms with Crippen molar-refractivity contribution in [3.05, 3.63) is 38.4 Å². The topological polar surface area (TPSA) is 130 Å². The summed E-state index contributed by atoms with van der Waals surface area (Å²) in [6.07, 6.45) is 0.229. The molecular formula is C12H14N2O7S. The molecule has 0 radical (unpaired) electrons. The van der Waals surface area contributed by atoms with Crippen LogP contribution < -0.4 is 0 Å². The van der Waals surface area contributed by atoms with Gasteiger partial charge in [-0.3, -0.25) is 29.2 Å². The monoisotopic (exact) mass is 330 g/mol. The van der Waals surface area contributed by atoms with Crippen molar-refractivity contribution in [3.8, 4) is 0 Å². The van der Waals surface area contributed by atoms with Crippen LogP contribution in [0.2, 0.25) is 0 Å². The van der Waals surface area contributed by atoms with Gasteiger partial charge in [-0.2, -0.15) is 0 Å². The van der Waals surface area contributed by atoms with Gasteiger partial charge in [0.2, 0.25) is 0 Å². The Balaban J connectivity index is 3.00. The van der Waals surface area contributed by atoms with E-state index in [-0.39, 0.29) is 11.0 Å². The average molecular weight is 330 g/mol. The zero-order valence-corrected chi connectivity index (χ0v) is 12.7. The van der Waals surface area contributed by atoms with Crippen LogP contribution in [0.5, 0.6) is 0 Å². The van der Waals surface area contributed by atoms with Crippen LogP contribution in [0.4, 0.5) is 11.4 Å². The Bertz CT molecular complexity index is 632. The Kier molecular flexibility index (Phi) is 6.11. The number of ether oxygens (including phenoxy) is 1. The van der Waals surface area contributed by atoms with Crippen LogP contribution in [-0.2, 0) is 20.3 Å². The molecule has 0 saturated heterocycles. The van der Waals surface area contributed by atoms with Gasteiger partial charge in [0.15, 0.2) is 0 Å². The van der Waals surface area contributed by atoms with Crippen molar-refractivity contribution in [1.82, 2.24) is 0 Å². The number of rotatable bonds is 7. The summed E-state index contributed by atoms with van der Waals surface area (Å²) in [4.78, 5) is 31.2. The van der Waals surface area contributed by atoms with E-state index in [0.29, 0.717) is 12.5 Å². The van der Waals surface area contributed by atoms with Crippen LogP contribution in [0.1, 0.15) is 20.3 Å². The number of nitro groups is 2. The Morgan fingerprint density at radius 1 is 1.32 bits per heavy atom. The van der Waals surface area contributed by atoms with Gasteiger partial charge in [-0.05, 0) is 19.4 Å². The van der Waals surface area contributed by atoms with E-state index in [1.807, 2.05) is 0 Å². The first-order valence-corrected chi connectivity index (χ1v) is 7.58. The highest BCUT2D eigenvalue weighted by atomic mass is 32.2. The van der Waals surface area contributed by atoms with Crippen molar-refractivity contribution in [3.63, 3.8) is 0 Å². The zero-order chi connectivity index (χ0) is 16.9. The van der Waals surface area contributed by atoms with Crippen molar-refractivity contribution >= 4 is 28.1 Å². The van der Waals surface area contributed by atoms with E-state index in [1.165, 1.54) is 0 Å². The molecule has 0 bridgehead atoms. The minimum absolute atomic E-state index is 0.253. The van der Waals surface area contributed by atoms with Gasteiger partial charge < -0.3 is 4.74 Å². The molecule has 0 aliphatic carbocycles. The number of non-ortho nitro benzene ring substituents is 1. The number of carbonyl (C=O) groups excluding carboxylic acids is 1. The fourth-order valence-corrected chi connectivity index (χ4v) is 2.51. The van der Waals surface area contributed by atoms with E-state index in [2.05, 4.69) is 0 Å². The third-order valence-corrected chi connectivity index (χ3v) is 4.09. The molecule has 1 aromatic carbocycles. The quantitative estimate of drug-likeness (QED) is 0.424. The summed E-state index contributed by atoms with van der Waals surface area (Å²) in [6, 6.07) is 2.73.